The average Bonchev–Trinajstić information content (AvgIpc) is 2.97. The molecule has 162 valence electrons. The van der Waals surface area contributed by atoms with Crippen LogP contribution >= 0.6 is 0 Å². The van der Waals surface area contributed by atoms with Crippen molar-refractivity contribution in [2.24, 2.45) is 5.92 Å². The highest BCUT2D eigenvalue weighted by atomic mass is 32.2. The molecule has 0 bridgehead atoms. The van der Waals surface area contributed by atoms with Crippen LogP contribution < -0.4 is 4.72 Å². The molecule has 0 amide bonds. The Labute approximate surface area is 180 Å². The number of fused-ring (bicyclic) bond motifs is 1. The van der Waals surface area contributed by atoms with Crippen LogP contribution in [-0.4, -0.2) is 20.2 Å². The minimum absolute atomic E-state index is 0.176. The Kier molecular flexibility index (Phi) is 6.59. The van der Waals surface area contributed by atoms with Crippen molar-refractivity contribution in [1.82, 2.24) is 4.72 Å². The number of sulfonamides is 1. The van der Waals surface area contributed by atoms with Crippen molar-refractivity contribution >= 4 is 10.0 Å². The van der Waals surface area contributed by atoms with Gasteiger partial charge in [-0.2, -0.15) is 0 Å². The first-order valence-electron chi connectivity index (χ1n) is 11.3. The first-order chi connectivity index (χ1) is 14.5. The third-order valence-corrected chi connectivity index (χ3v) is 8.83. The van der Waals surface area contributed by atoms with Gasteiger partial charge in [-0.15, -0.1) is 0 Å². The average molecular weight is 430 g/mol. The molecule has 0 heterocycles. The van der Waals surface area contributed by atoms with E-state index in [1.54, 1.807) is 12.1 Å². The molecule has 5 heteroatoms. The fraction of sp³-hybridized carbons (Fsp3) is 0.520. The summed E-state index contributed by atoms with van der Waals surface area (Å²) in [7, 11) is -3.16. The lowest BCUT2D eigenvalue weighted by molar-refractivity contribution is 0.418. The molecule has 2 aromatic carbocycles. The highest BCUT2D eigenvalue weighted by Gasteiger charge is 2.32. The van der Waals surface area contributed by atoms with E-state index in [-0.39, 0.29) is 11.1 Å². The van der Waals surface area contributed by atoms with Gasteiger partial charge in [-0.3, -0.25) is 0 Å². The Bertz CT molecular complexity index is 984. The number of rotatable bonds is 9. The summed E-state index contributed by atoms with van der Waals surface area (Å²) in [6.45, 7) is 2.67. The smallest absolute Gasteiger partial charge is 0.214 e. The first kappa shape index (κ1) is 21.5. The van der Waals surface area contributed by atoms with Crippen molar-refractivity contribution < 1.29 is 12.8 Å². The maximum Gasteiger partial charge on any atom is 0.214 e. The van der Waals surface area contributed by atoms with Gasteiger partial charge < -0.3 is 0 Å². The van der Waals surface area contributed by atoms with Gasteiger partial charge in [0.15, 0.2) is 0 Å². The van der Waals surface area contributed by atoms with E-state index in [0.29, 0.717) is 24.8 Å². The predicted molar refractivity (Wildman–Crippen MR) is 120 cm³/mol. The van der Waals surface area contributed by atoms with Crippen molar-refractivity contribution in [2.75, 3.05) is 6.54 Å². The fourth-order valence-electron chi connectivity index (χ4n) is 5.01. The first-order valence-corrected chi connectivity index (χ1v) is 12.9. The number of hydrogen-bond acceptors (Lipinski definition) is 2. The molecule has 2 aliphatic carbocycles. The Hall–Kier alpha value is -1.72. The third kappa shape index (κ3) is 4.78. The number of hydrogen-bond donors (Lipinski definition) is 1. The Morgan fingerprint density at radius 3 is 2.63 bits per heavy atom. The van der Waals surface area contributed by atoms with Gasteiger partial charge in [-0.1, -0.05) is 50.1 Å². The molecule has 2 unspecified atom stereocenters. The molecule has 0 spiro atoms. The topological polar surface area (TPSA) is 46.2 Å². The van der Waals surface area contributed by atoms with Gasteiger partial charge in [-0.25, -0.2) is 17.5 Å². The van der Waals surface area contributed by atoms with Crippen LogP contribution in [0.1, 0.15) is 67.2 Å². The van der Waals surface area contributed by atoms with E-state index in [0.717, 1.165) is 44.1 Å². The summed E-state index contributed by atoms with van der Waals surface area (Å²) in [6, 6.07) is 13.6. The molecule has 1 saturated carbocycles. The molecule has 2 aromatic rings. The van der Waals surface area contributed by atoms with Gasteiger partial charge in [0.25, 0.3) is 0 Å². The van der Waals surface area contributed by atoms with E-state index in [1.165, 1.54) is 29.2 Å². The number of halogens is 1. The second-order valence-corrected chi connectivity index (χ2v) is 11.0. The summed E-state index contributed by atoms with van der Waals surface area (Å²) in [5.41, 5.74) is 4.99. The lowest BCUT2D eigenvalue weighted by atomic mass is 9.84. The van der Waals surface area contributed by atoms with Crippen LogP contribution in [-0.2, 0) is 29.3 Å². The third-order valence-electron chi connectivity index (χ3n) is 6.87. The second kappa shape index (κ2) is 9.19. The van der Waals surface area contributed by atoms with Gasteiger partial charge in [0.05, 0.1) is 5.25 Å². The summed E-state index contributed by atoms with van der Waals surface area (Å²) < 4.78 is 41.0. The van der Waals surface area contributed by atoms with E-state index in [4.69, 9.17) is 0 Å². The molecule has 3 nitrogen and oxygen atoms in total. The summed E-state index contributed by atoms with van der Waals surface area (Å²) in [6.07, 6.45) is 7.54. The van der Waals surface area contributed by atoms with Crippen LogP contribution in [0.5, 0.6) is 0 Å². The number of nitrogens with one attached hydrogen (secondary N) is 1. The molecule has 0 aliphatic heterocycles. The quantitative estimate of drug-likeness (QED) is 0.600. The van der Waals surface area contributed by atoms with Crippen LogP contribution in [0.2, 0.25) is 0 Å². The molecule has 1 N–H and O–H groups in total. The maximum absolute atomic E-state index is 13.7. The molecule has 2 atom stereocenters. The summed E-state index contributed by atoms with van der Waals surface area (Å²) in [5.74, 6) is 0.805. The molecular weight excluding hydrogens is 397 g/mol. The van der Waals surface area contributed by atoms with E-state index < -0.39 is 10.0 Å². The van der Waals surface area contributed by atoms with Crippen LogP contribution in [0.25, 0.3) is 0 Å². The minimum Gasteiger partial charge on any atom is -0.215 e. The Morgan fingerprint density at radius 1 is 1.10 bits per heavy atom. The largest absolute Gasteiger partial charge is 0.215 e. The molecule has 30 heavy (non-hydrogen) atoms. The zero-order chi connectivity index (χ0) is 21.1. The second-order valence-electron chi connectivity index (χ2n) is 8.97. The van der Waals surface area contributed by atoms with E-state index in [9.17, 15) is 12.8 Å². The van der Waals surface area contributed by atoms with Gasteiger partial charge in [0.1, 0.15) is 5.82 Å². The molecular formula is C25H32FNO2S. The molecule has 0 saturated heterocycles. The molecule has 1 fully saturated rings. The number of benzene rings is 2. The molecule has 0 aromatic heterocycles. The standard InChI is InChI=1S/C25H32FNO2S/c1-2-5-20-17-21-11-10-18(12-13-27-30(28,29)23-8-4-9-23)15-24(21)25(20)16-19-6-3-7-22(26)14-19/h3,6-7,10-11,14-15,20,23,25,27H,2,4-5,8-9,12-13,16-17H2,1H3. The van der Waals surface area contributed by atoms with E-state index in [1.807, 2.05) is 6.07 Å². The zero-order valence-corrected chi connectivity index (χ0v) is 18.6. The van der Waals surface area contributed by atoms with Crippen LogP contribution in [0.3, 0.4) is 0 Å². The normalized spacial score (nSPS) is 21.4. The van der Waals surface area contributed by atoms with Crippen molar-refractivity contribution in [3.63, 3.8) is 0 Å². The highest BCUT2D eigenvalue weighted by Crippen LogP contribution is 2.42. The van der Waals surface area contributed by atoms with Crippen LogP contribution in [0, 0.1) is 11.7 Å². The Morgan fingerprint density at radius 2 is 1.93 bits per heavy atom. The molecule has 2 aliphatic rings. The maximum atomic E-state index is 13.7. The summed E-state index contributed by atoms with van der Waals surface area (Å²) in [5, 5.41) is -0.192. The lowest BCUT2D eigenvalue weighted by Gasteiger charge is -2.25. The van der Waals surface area contributed by atoms with Crippen molar-refractivity contribution in [3.8, 4) is 0 Å². The fourth-order valence-corrected chi connectivity index (χ4v) is 6.59. The van der Waals surface area contributed by atoms with Gasteiger partial charge >= 0.3 is 0 Å². The summed E-state index contributed by atoms with van der Waals surface area (Å²) in [4.78, 5) is 0. The van der Waals surface area contributed by atoms with E-state index >= 15 is 0 Å². The predicted octanol–water partition coefficient (Wildman–Crippen LogP) is 5.14. The zero-order valence-electron chi connectivity index (χ0n) is 17.7. The van der Waals surface area contributed by atoms with Crippen LogP contribution in [0.4, 0.5) is 4.39 Å². The Balaban J connectivity index is 1.47. The molecule has 4 rings (SSSR count). The van der Waals surface area contributed by atoms with Crippen molar-refractivity contribution in [1.29, 1.82) is 0 Å². The summed E-state index contributed by atoms with van der Waals surface area (Å²) >= 11 is 0. The van der Waals surface area contributed by atoms with Crippen molar-refractivity contribution in [2.45, 2.75) is 69.5 Å². The lowest BCUT2D eigenvalue weighted by Crippen LogP contribution is -2.39. The minimum atomic E-state index is -3.16. The monoisotopic (exact) mass is 429 g/mol. The highest BCUT2D eigenvalue weighted by molar-refractivity contribution is 7.90. The molecule has 0 radical (unpaired) electrons. The van der Waals surface area contributed by atoms with Gasteiger partial charge in [0, 0.05) is 6.54 Å². The van der Waals surface area contributed by atoms with Gasteiger partial charge in [-0.05, 0) is 84.7 Å². The van der Waals surface area contributed by atoms with Crippen LogP contribution in [0.15, 0.2) is 42.5 Å². The SMILES string of the molecule is CCCC1Cc2ccc(CCNS(=O)(=O)C3CCC3)cc2C1Cc1cccc(F)c1. The van der Waals surface area contributed by atoms with Crippen molar-refractivity contribution in [3.05, 3.63) is 70.5 Å². The van der Waals surface area contributed by atoms with E-state index in [2.05, 4.69) is 29.8 Å². The van der Waals surface area contributed by atoms with Gasteiger partial charge in [0.2, 0.25) is 10.0 Å².